The number of rotatable bonds is 3. The number of thiophene rings is 1. The highest BCUT2D eigenvalue weighted by atomic mass is 32.1. The van der Waals surface area contributed by atoms with Crippen molar-refractivity contribution in [2.75, 3.05) is 11.1 Å². The third kappa shape index (κ3) is 2.85. The maximum atomic E-state index is 10.6. The molecule has 3 aromatic rings. The molecule has 0 spiro atoms. The summed E-state index contributed by atoms with van der Waals surface area (Å²) in [5, 5.41) is 14.6. The molecule has 0 radical (unpaired) electrons. The van der Waals surface area contributed by atoms with Gasteiger partial charge in [0.25, 0.3) is 0 Å². The maximum Gasteiger partial charge on any atom is 0.162 e. The zero-order valence-corrected chi connectivity index (χ0v) is 14.3. The van der Waals surface area contributed by atoms with Crippen LogP contribution in [-0.4, -0.2) is 10.1 Å². The van der Waals surface area contributed by atoms with Gasteiger partial charge in [0.2, 0.25) is 0 Å². The molecule has 0 saturated heterocycles. The van der Waals surface area contributed by atoms with Gasteiger partial charge in [-0.1, -0.05) is 24.6 Å². The number of hydrogen-bond donors (Lipinski definition) is 3. The monoisotopic (exact) mass is 339 g/mol. The molecule has 0 saturated carbocycles. The predicted octanol–water partition coefficient (Wildman–Crippen LogP) is 4.25. The third-order valence-electron chi connectivity index (χ3n) is 4.60. The van der Waals surface area contributed by atoms with Crippen LogP contribution in [0.3, 0.4) is 0 Å². The Labute approximate surface area is 145 Å². The molecule has 1 aromatic carbocycles. The zero-order valence-electron chi connectivity index (χ0n) is 13.5. The van der Waals surface area contributed by atoms with Crippen LogP contribution in [0.4, 0.5) is 11.4 Å². The molecule has 4 rings (SSSR count). The molecule has 1 aliphatic carbocycles. The van der Waals surface area contributed by atoms with Gasteiger partial charge in [0.1, 0.15) is 4.83 Å². The molecule has 24 heavy (non-hydrogen) atoms. The number of pyridine rings is 1. The Morgan fingerprint density at radius 1 is 1.12 bits per heavy atom. The van der Waals surface area contributed by atoms with Crippen LogP contribution >= 0.6 is 11.3 Å². The minimum Gasteiger partial charge on any atom is -0.397 e. The van der Waals surface area contributed by atoms with Gasteiger partial charge in [0, 0.05) is 16.8 Å². The Bertz CT molecular complexity index is 860. The zero-order chi connectivity index (χ0) is 16.5. The molecule has 1 unspecified atom stereocenters. The quantitative estimate of drug-likeness (QED) is 0.493. The predicted molar refractivity (Wildman–Crippen MR) is 100 cm³/mol. The van der Waals surface area contributed by atoms with Crippen LogP contribution in [0.2, 0.25) is 0 Å². The first-order valence-corrected chi connectivity index (χ1v) is 9.24. The van der Waals surface area contributed by atoms with Crippen molar-refractivity contribution in [3.05, 3.63) is 52.5 Å². The SMILES string of the molecule is Nc1c(C(O)Nc2ccccc2)sc2nc3c(cc12)CCCCC3. The number of aromatic nitrogens is 1. The average Bonchev–Trinajstić information content (AvgIpc) is 2.77. The summed E-state index contributed by atoms with van der Waals surface area (Å²) < 4.78 is 0. The number of aryl methyl sites for hydroxylation is 2. The molecule has 0 aliphatic heterocycles. The molecule has 4 N–H and O–H groups in total. The average molecular weight is 339 g/mol. The second-order valence-electron chi connectivity index (χ2n) is 6.30. The van der Waals surface area contributed by atoms with Crippen molar-refractivity contribution in [3.63, 3.8) is 0 Å². The second kappa shape index (κ2) is 6.42. The van der Waals surface area contributed by atoms with Crippen LogP contribution in [0.25, 0.3) is 10.2 Å². The first kappa shape index (κ1) is 15.4. The van der Waals surface area contributed by atoms with Gasteiger partial charge >= 0.3 is 0 Å². The largest absolute Gasteiger partial charge is 0.397 e. The van der Waals surface area contributed by atoms with Crippen molar-refractivity contribution in [3.8, 4) is 0 Å². The minimum atomic E-state index is -0.827. The van der Waals surface area contributed by atoms with Gasteiger partial charge in [-0.3, -0.25) is 0 Å². The van der Waals surface area contributed by atoms with Gasteiger partial charge in [-0.15, -0.1) is 11.3 Å². The first-order valence-electron chi connectivity index (χ1n) is 8.42. The number of nitrogen functional groups attached to an aromatic ring is 1. The van der Waals surface area contributed by atoms with Gasteiger partial charge in [0.15, 0.2) is 6.23 Å². The summed E-state index contributed by atoms with van der Waals surface area (Å²) in [4.78, 5) is 6.51. The lowest BCUT2D eigenvalue weighted by molar-refractivity contribution is 0.213. The lowest BCUT2D eigenvalue weighted by Crippen LogP contribution is -2.09. The Kier molecular flexibility index (Phi) is 4.12. The van der Waals surface area contributed by atoms with Crippen molar-refractivity contribution in [2.45, 2.75) is 38.3 Å². The van der Waals surface area contributed by atoms with Crippen molar-refractivity contribution < 1.29 is 5.11 Å². The Morgan fingerprint density at radius 3 is 2.75 bits per heavy atom. The summed E-state index contributed by atoms with van der Waals surface area (Å²) in [5.41, 5.74) is 10.4. The van der Waals surface area contributed by atoms with E-state index in [0.29, 0.717) is 5.69 Å². The topological polar surface area (TPSA) is 71.2 Å². The highest BCUT2D eigenvalue weighted by molar-refractivity contribution is 7.19. The summed E-state index contributed by atoms with van der Waals surface area (Å²) in [6, 6.07) is 11.8. The Morgan fingerprint density at radius 2 is 1.92 bits per heavy atom. The number of nitrogens with one attached hydrogen (secondary N) is 1. The number of fused-ring (bicyclic) bond motifs is 2. The number of aliphatic hydroxyl groups excluding tert-OH is 1. The number of nitrogens with two attached hydrogens (primary N) is 1. The van der Waals surface area contributed by atoms with Crippen molar-refractivity contribution in [1.29, 1.82) is 0 Å². The highest BCUT2D eigenvalue weighted by Crippen LogP contribution is 2.38. The van der Waals surface area contributed by atoms with E-state index >= 15 is 0 Å². The maximum absolute atomic E-state index is 10.6. The van der Waals surface area contributed by atoms with E-state index in [0.717, 1.165) is 33.6 Å². The van der Waals surface area contributed by atoms with Crippen molar-refractivity contribution >= 4 is 32.9 Å². The molecule has 124 valence electrons. The number of anilines is 2. The van der Waals surface area contributed by atoms with E-state index in [1.807, 2.05) is 30.3 Å². The molecule has 1 aliphatic rings. The number of para-hydroxylation sites is 1. The van der Waals surface area contributed by atoms with Gasteiger partial charge in [-0.25, -0.2) is 4.98 Å². The molecule has 5 heteroatoms. The van der Waals surface area contributed by atoms with Crippen molar-refractivity contribution in [1.82, 2.24) is 4.98 Å². The Hall–Kier alpha value is -2.11. The van der Waals surface area contributed by atoms with E-state index in [2.05, 4.69) is 11.4 Å². The van der Waals surface area contributed by atoms with Gasteiger partial charge in [0.05, 0.1) is 10.6 Å². The van der Waals surface area contributed by atoms with E-state index < -0.39 is 6.23 Å². The lowest BCUT2D eigenvalue weighted by Gasteiger charge is -2.13. The summed E-state index contributed by atoms with van der Waals surface area (Å²) in [7, 11) is 0. The van der Waals surface area contributed by atoms with Crippen LogP contribution < -0.4 is 11.1 Å². The highest BCUT2D eigenvalue weighted by Gasteiger charge is 2.20. The molecule has 2 aromatic heterocycles. The van der Waals surface area contributed by atoms with Crippen molar-refractivity contribution in [2.24, 2.45) is 0 Å². The fourth-order valence-electron chi connectivity index (χ4n) is 3.31. The molecular weight excluding hydrogens is 318 g/mol. The summed E-state index contributed by atoms with van der Waals surface area (Å²) in [6.45, 7) is 0. The summed E-state index contributed by atoms with van der Waals surface area (Å²) in [6.07, 6.45) is 4.99. The summed E-state index contributed by atoms with van der Waals surface area (Å²) >= 11 is 1.48. The number of nitrogens with zero attached hydrogens (tertiary/aromatic N) is 1. The lowest BCUT2D eigenvalue weighted by atomic mass is 10.1. The fraction of sp³-hybridized carbons (Fsp3) is 0.316. The minimum absolute atomic E-state index is 0.644. The number of aliphatic hydroxyl groups is 1. The van der Waals surface area contributed by atoms with Crippen LogP contribution in [0.1, 0.15) is 41.6 Å². The molecule has 0 bridgehead atoms. The molecule has 0 fully saturated rings. The standard InChI is InChI=1S/C19H21N3OS/c20-16-14-11-12-7-3-1-6-10-15(12)22-19(14)24-17(16)18(23)21-13-8-4-2-5-9-13/h2,4-5,8-9,11,18,21,23H,1,3,6-7,10,20H2. The normalized spacial score (nSPS) is 15.7. The number of hydrogen-bond acceptors (Lipinski definition) is 5. The second-order valence-corrected chi connectivity index (χ2v) is 7.33. The smallest absolute Gasteiger partial charge is 0.162 e. The van der Waals surface area contributed by atoms with Gasteiger partial charge in [-0.2, -0.15) is 0 Å². The van der Waals surface area contributed by atoms with Gasteiger partial charge < -0.3 is 16.2 Å². The third-order valence-corrected chi connectivity index (χ3v) is 5.77. The van der Waals surface area contributed by atoms with E-state index in [-0.39, 0.29) is 0 Å². The first-order chi connectivity index (χ1) is 11.7. The van der Waals surface area contributed by atoms with Crippen LogP contribution in [0.15, 0.2) is 36.4 Å². The van der Waals surface area contributed by atoms with E-state index in [4.69, 9.17) is 10.7 Å². The Balaban J connectivity index is 1.70. The molecular formula is C19H21N3OS. The molecule has 0 amide bonds. The summed E-state index contributed by atoms with van der Waals surface area (Å²) in [5.74, 6) is 0. The molecule has 1 atom stereocenters. The van der Waals surface area contributed by atoms with E-state index in [1.165, 1.54) is 41.9 Å². The molecule has 2 heterocycles. The van der Waals surface area contributed by atoms with E-state index in [9.17, 15) is 5.11 Å². The number of benzene rings is 1. The van der Waals surface area contributed by atoms with Crippen LogP contribution in [0.5, 0.6) is 0 Å². The van der Waals surface area contributed by atoms with Crippen LogP contribution in [0, 0.1) is 0 Å². The van der Waals surface area contributed by atoms with Gasteiger partial charge in [-0.05, 0) is 49.4 Å². The fourth-order valence-corrected chi connectivity index (χ4v) is 4.35. The van der Waals surface area contributed by atoms with E-state index in [1.54, 1.807) is 0 Å². The van der Waals surface area contributed by atoms with Crippen LogP contribution in [-0.2, 0) is 12.8 Å². The molecule has 4 nitrogen and oxygen atoms in total.